The number of thiocarbonyl (C=S) groups is 1. The number of isothiocyanates is 1. The third kappa shape index (κ3) is 6.13. The fraction of sp³-hybridized carbons (Fsp3) is 0.429. The van der Waals surface area contributed by atoms with Crippen molar-refractivity contribution in [3.05, 3.63) is 35.9 Å². The Morgan fingerprint density at radius 2 is 2.05 bits per heavy atom. The number of nitrogens with zero attached hydrogens (tertiary/aromatic N) is 1. The van der Waals surface area contributed by atoms with E-state index in [1.807, 2.05) is 51.1 Å². The lowest BCUT2D eigenvalue weighted by Gasteiger charge is -2.23. The molecule has 0 saturated heterocycles. The molecule has 0 aliphatic rings. The van der Waals surface area contributed by atoms with Gasteiger partial charge in [-0.1, -0.05) is 30.3 Å². The standard InChI is InChI=1S/C14H18N2O2S/c1-14(2,3)18-13(17)16-12(9-15-10-19)11-7-5-4-6-8-11/h4-8,12H,9H2,1-3H3,(H,16,17)/t12-/m0/s1. The Labute approximate surface area is 118 Å². The average Bonchev–Trinajstić information content (AvgIpc) is 2.33. The first-order valence-corrected chi connectivity index (χ1v) is 6.41. The number of hydrogen-bond acceptors (Lipinski definition) is 4. The Balaban J connectivity index is 2.76. The molecular formula is C14H18N2O2S. The zero-order valence-corrected chi connectivity index (χ0v) is 12.2. The molecule has 1 amide bonds. The van der Waals surface area contributed by atoms with Gasteiger partial charge in [-0.15, -0.1) is 0 Å². The number of aliphatic imine (C=N–C) groups is 1. The Hall–Kier alpha value is -1.71. The van der Waals surface area contributed by atoms with Crippen LogP contribution in [0, 0.1) is 0 Å². The van der Waals surface area contributed by atoms with E-state index in [4.69, 9.17) is 4.74 Å². The van der Waals surface area contributed by atoms with Crippen LogP contribution < -0.4 is 5.32 Å². The van der Waals surface area contributed by atoms with Crippen LogP contribution in [0.15, 0.2) is 35.3 Å². The summed E-state index contributed by atoms with van der Waals surface area (Å²) in [6.45, 7) is 5.80. The minimum Gasteiger partial charge on any atom is -0.444 e. The van der Waals surface area contributed by atoms with Gasteiger partial charge in [0.25, 0.3) is 0 Å². The van der Waals surface area contributed by atoms with Crippen molar-refractivity contribution in [3.63, 3.8) is 0 Å². The molecule has 102 valence electrons. The highest BCUT2D eigenvalue weighted by molar-refractivity contribution is 7.78. The second-order valence-electron chi connectivity index (χ2n) is 5.04. The predicted molar refractivity (Wildman–Crippen MR) is 78.4 cm³/mol. The normalized spacial score (nSPS) is 12.2. The summed E-state index contributed by atoms with van der Waals surface area (Å²) in [6, 6.07) is 9.28. The molecule has 0 aliphatic carbocycles. The van der Waals surface area contributed by atoms with E-state index in [9.17, 15) is 4.79 Å². The monoisotopic (exact) mass is 278 g/mol. The van der Waals surface area contributed by atoms with E-state index in [1.165, 1.54) is 0 Å². The lowest BCUT2D eigenvalue weighted by atomic mass is 10.1. The van der Waals surface area contributed by atoms with Crippen molar-refractivity contribution in [3.8, 4) is 0 Å². The van der Waals surface area contributed by atoms with Gasteiger partial charge in [0.05, 0.1) is 17.7 Å². The van der Waals surface area contributed by atoms with E-state index in [1.54, 1.807) is 0 Å². The van der Waals surface area contributed by atoms with Crippen molar-refractivity contribution in [2.24, 2.45) is 4.99 Å². The molecule has 1 rings (SSSR count). The number of carbonyl (C=O) groups is 1. The van der Waals surface area contributed by atoms with Crippen LogP contribution in [0.3, 0.4) is 0 Å². The van der Waals surface area contributed by atoms with Crippen LogP contribution in [0.25, 0.3) is 0 Å². The summed E-state index contributed by atoms with van der Waals surface area (Å²) in [5, 5.41) is 5.09. The van der Waals surface area contributed by atoms with Crippen molar-refractivity contribution in [2.75, 3.05) is 6.54 Å². The second-order valence-corrected chi connectivity index (χ2v) is 5.22. The van der Waals surface area contributed by atoms with Gasteiger partial charge in [-0.2, -0.15) is 0 Å². The molecule has 1 atom stereocenters. The van der Waals surface area contributed by atoms with Gasteiger partial charge in [-0.3, -0.25) is 0 Å². The molecule has 0 aromatic heterocycles. The van der Waals surface area contributed by atoms with Gasteiger partial charge in [-0.25, -0.2) is 9.79 Å². The first kappa shape index (κ1) is 15.3. The molecule has 0 aliphatic heterocycles. The van der Waals surface area contributed by atoms with Gasteiger partial charge in [0.15, 0.2) is 0 Å². The molecule has 1 N–H and O–H groups in total. The zero-order valence-electron chi connectivity index (χ0n) is 11.3. The maximum Gasteiger partial charge on any atom is 0.408 e. The summed E-state index contributed by atoms with van der Waals surface area (Å²) in [4.78, 5) is 15.7. The highest BCUT2D eigenvalue weighted by Crippen LogP contribution is 2.14. The molecule has 19 heavy (non-hydrogen) atoms. The van der Waals surface area contributed by atoms with Crippen LogP contribution in [0.1, 0.15) is 32.4 Å². The maximum absolute atomic E-state index is 11.8. The third-order valence-electron chi connectivity index (χ3n) is 2.23. The van der Waals surface area contributed by atoms with E-state index in [0.717, 1.165) is 5.56 Å². The Morgan fingerprint density at radius 3 is 2.58 bits per heavy atom. The molecule has 4 nitrogen and oxygen atoms in total. The predicted octanol–water partition coefficient (Wildman–Crippen LogP) is 3.36. The van der Waals surface area contributed by atoms with Gasteiger partial charge in [0.2, 0.25) is 0 Å². The van der Waals surface area contributed by atoms with Crippen LogP contribution in [-0.4, -0.2) is 23.4 Å². The fourth-order valence-corrected chi connectivity index (χ4v) is 1.57. The molecular weight excluding hydrogens is 260 g/mol. The number of rotatable bonds is 4. The molecule has 0 fully saturated rings. The molecule has 1 aromatic carbocycles. The van der Waals surface area contributed by atoms with E-state index in [0.29, 0.717) is 6.54 Å². The lowest BCUT2D eigenvalue weighted by molar-refractivity contribution is 0.0505. The molecule has 0 saturated carbocycles. The Bertz CT molecular complexity index is 462. The van der Waals surface area contributed by atoms with Crippen LogP contribution in [-0.2, 0) is 4.74 Å². The highest BCUT2D eigenvalue weighted by atomic mass is 32.1. The van der Waals surface area contributed by atoms with E-state index in [-0.39, 0.29) is 6.04 Å². The molecule has 0 unspecified atom stereocenters. The first-order chi connectivity index (χ1) is 8.92. The second kappa shape index (κ2) is 7.02. The van der Waals surface area contributed by atoms with E-state index >= 15 is 0 Å². The number of carbonyl (C=O) groups excluding carboxylic acids is 1. The topological polar surface area (TPSA) is 50.7 Å². The number of alkyl carbamates (subject to hydrolysis) is 1. The molecule has 0 heterocycles. The number of amides is 1. The summed E-state index contributed by atoms with van der Waals surface area (Å²) >= 11 is 4.56. The van der Waals surface area contributed by atoms with E-state index in [2.05, 4.69) is 27.7 Å². The van der Waals surface area contributed by atoms with E-state index < -0.39 is 11.7 Å². The van der Waals surface area contributed by atoms with Crippen LogP contribution in [0.4, 0.5) is 4.79 Å². The van der Waals surface area contributed by atoms with Crippen molar-refractivity contribution >= 4 is 23.5 Å². The highest BCUT2D eigenvalue weighted by Gasteiger charge is 2.20. The molecule has 0 spiro atoms. The molecule has 0 radical (unpaired) electrons. The van der Waals surface area contributed by atoms with Crippen LogP contribution >= 0.6 is 12.2 Å². The first-order valence-electron chi connectivity index (χ1n) is 6.00. The summed E-state index contributed by atoms with van der Waals surface area (Å²) in [5.41, 5.74) is 0.418. The zero-order chi connectivity index (χ0) is 14.3. The van der Waals surface area contributed by atoms with Gasteiger partial charge >= 0.3 is 6.09 Å². The van der Waals surface area contributed by atoms with Crippen molar-refractivity contribution in [2.45, 2.75) is 32.4 Å². The Kier molecular flexibility index (Phi) is 5.67. The summed E-state index contributed by atoms with van der Waals surface area (Å²) in [5.74, 6) is 0. The molecule has 0 bridgehead atoms. The quantitative estimate of drug-likeness (QED) is 0.678. The van der Waals surface area contributed by atoms with Crippen LogP contribution in [0.2, 0.25) is 0 Å². The Morgan fingerprint density at radius 1 is 1.42 bits per heavy atom. The molecule has 5 heteroatoms. The van der Waals surface area contributed by atoms with Crippen molar-refractivity contribution < 1.29 is 9.53 Å². The summed E-state index contributed by atoms with van der Waals surface area (Å²) < 4.78 is 5.23. The van der Waals surface area contributed by atoms with Gasteiger partial charge in [0.1, 0.15) is 5.60 Å². The number of ether oxygens (including phenoxy) is 1. The van der Waals surface area contributed by atoms with Gasteiger partial charge in [0, 0.05) is 0 Å². The minimum absolute atomic E-state index is 0.272. The average molecular weight is 278 g/mol. The maximum atomic E-state index is 11.8. The lowest BCUT2D eigenvalue weighted by Crippen LogP contribution is -2.36. The van der Waals surface area contributed by atoms with Crippen molar-refractivity contribution in [1.29, 1.82) is 0 Å². The van der Waals surface area contributed by atoms with Crippen molar-refractivity contribution in [1.82, 2.24) is 5.32 Å². The number of hydrogen-bond donors (Lipinski definition) is 1. The largest absolute Gasteiger partial charge is 0.444 e. The minimum atomic E-state index is -0.529. The number of nitrogens with one attached hydrogen (secondary N) is 1. The number of benzene rings is 1. The smallest absolute Gasteiger partial charge is 0.408 e. The summed E-state index contributed by atoms with van der Waals surface area (Å²) in [6.07, 6.45) is -0.471. The third-order valence-corrected chi connectivity index (χ3v) is 2.36. The van der Waals surface area contributed by atoms with Gasteiger partial charge < -0.3 is 10.1 Å². The van der Waals surface area contributed by atoms with Gasteiger partial charge in [-0.05, 0) is 38.6 Å². The summed E-state index contributed by atoms with van der Waals surface area (Å²) in [7, 11) is 0. The molecule has 1 aromatic rings. The van der Waals surface area contributed by atoms with Crippen LogP contribution in [0.5, 0.6) is 0 Å². The SMILES string of the molecule is CC(C)(C)OC(=O)N[C@@H](CN=C=S)c1ccccc1. The fourth-order valence-electron chi connectivity index (χ4n) is 1.50.